The average molecular weight is 261 g/mol. The van der Waals surface area contributed by atoms with Crippen molar-refractivity contribution in [2.24, 2.45) is 0 Å². The van der Waals surface area contributed by atoms with Crippen molar-refractivity contribution in [2.75, 3.05) is 0 Å². The first-order valence-corrected chi connectivity index (χ1v) is 0.735. The molecule has 0 aromatic heterocycles. The normalized spacial score (nSPS) is 4.50. The fraction of sp³-hybridized carbons (Fsp3) is 1.00. The van der Waals surface area contributed by atoms with Gasteiger partial charge in [-0.05, 0) is 0 Å². The van der Waals surface area contributed by atoms with E-state index in [2.05, 4.69) is 0 Å². The Bertz CT molecular complexity index is 18.3. The van der Waals surface area contributed by atoms with Gasteiger partial charge in [0.05, 0.1) is 0 Å². The first-order valence-electron chi connectivity index (χ1n) is 0.735. The van der Waals surface area contributed by atoms with E-state index in [0.717, 1.165) is 0 Å². The van der Waals surface area contributed by atoms with E-state index >= 15 is 0 Å². The molecule has 2 N–H and O–H groups in total. The largest absolute Gasteiger partial charge is 0.674 e. The SMILES string of the molecule is C.OB(O)F.[Ta]. The molecule has 5 heteroatoms. The quantitative estimate of drug-likeness (QED) is 0.580. The van der Waals surface area contributed by atoms with Gasteiger partial charge in [0.2, 0.25) is 0 Å². The first kappa shape index (κ1) is 15.9. The number of halogens is 1. The fourth-order valence-corrected chi connectivity index (χ4v) is 0. The topological polar surface area (TPSA) is 40.5 Å². The van der Waals surface area contributed by atoms with Gasteiger partial charge in [-0.1, -0.05) is 7.43 Å². The molecule has 0 spiro atoms. The molecule has 2 nitrogen and oxygen atoms in total. The second-order valence-electron chi connectivity index (χ2n) is 0.311. The molecule has 0 amide bonds. The zero-order valence-electron chi connectivity index (χ0n) is 2.30. The third kappa shape index (κ3) is 145. The van der Waals surface area contributed by atoms with E-state index in [1.54, 1.807) is 0 Å². The Labute approximate surface area is 52.1 Å². The second-order valence-corrected chi connectivity index (χ2v) is 0.311. The van der Waals surface area contributed by atoms with Crippen LogP contribution in [0, 0.1) is 0 Å². The fourth-order valence-electron chi connectivity index (χ4n) is 0. The Morgan fingerprint density at radius 3 is 1.33 bits per heavy atom. The molecule has 0 fully saturated rings. The minimum absolute atomic E-state index is 0. The molecular formula is CH6BFO2Ta. The Morgan fingerprint density at radius 1 is 1.33 bits per heavy atom. The monoisotopic (exact) mass is 261 g/mol. The number of hydrogen-bond acceptors (Lipinski definition) is 2. The molecule has 0 aliphatic heterocycles. The predicted octanol–water partition coefficient (Wildman–Crippen LogP) is -0.441. The van der Waals surface area contributed by atoms with Gasteiger partial charge < -0.3 is 10.0 Å². The summed E-state index contributed by atoms with van der Waals surface area (Å²) in [5.74, 6) is 0. The van der Waals surface area contributed by atoms with Crippen LogP contribution in [0.5, 0.6) is 0 Å². The minimum Gasteiger partial charge on any atom is -0.398 e. The van der Waals surface area contributed by atoms with Gasteiger partial charge in [-0.3, -0.25) is 4.32 Å². The molecule has 0 aliphatic carbocycles. The van der Waals surface area contributed by atoms with Crippen molar-refractivity contribution >= 4 is 7.40 Å². The van der Waals surface area contributed by atoms with Crippen LogP contribution in [-0.2, 0) is 22.4 Å². The zero-order chi connectivity index (χ0) is 3.58. The van der Waals surface area contributed by atoms with E-state index in [1.807, 2.05) is 0 Å². The summed E-state index contributed by atoms with van der Waals surface area (Å²) in [4.78, 5) is 0. The van der Waals surface area contributed by atoms with Gasteiger partial charge in [0, 0.05) is 22.4 Å². The second kappa shape index (κ2) is 9.17. The van der Waals surface area contributed by atoms with Crippen LogP contribution in [0.15, 0.2) is 0 Å². The average Bonchev–Trinajstić information content (AvgIpc) is 0.811. The van der Waals surface area contributed by atoms with Crippen LogP contribution in [0.2, 0.25) is 0 Å². The molecule has 0 bridgehead atoms. The van der Waals surface area contributed by atoms with Crippen molar-refractivity contribution in [2.45, 2.75) is 7.43 Å². The summed E-state index contributed by atoms with van der Waals surface area (Å²) in [5.41, 5.74) is 0. The van der Waals surface area contributed by atoms with Gasteiger partial charge in [0.25, 0.3) is 0 Å². The van der Waals surface area contributed by atoms with Crippen molar-refractivity contribution < 1.29 is 36.7 Å². The maximum Gasteiger partial charge on any atom is 0.674 e. The Hall–Kier alpha value is 0.655. The molecule has 0 rings (SSSR count). The third-order valence-electron chi connectivity index (χ3n) is 0. The third-order valence-corrected chi connectivity index (χ3v) is 0. The summed E-state index contributed by atoms with van der Waals surface area (Å²) >= 11 is 0. The Balaban J connectivity index is -0.0000000450. The van der Waals surface area contributed by atoms with Crippen molar-refractivity contribution in [3.63, 3.8) is 0 Å². The summed E-state index contributed by atoms with van der Waals surface area (Å²) in [6.07, 6.45) is 0. The molecule has 0 aliphatic rings. The maximum absolute atomic E-state index is 10.1. The van der Waals surface area contributed by atoms with E-state index in [9.17, 15) is 4.32 Å². The van der Waals surface area contributed by atoms with Gasteiger partial charge in [-0.2, -0.15) is 0 Å². The van der Waals surface area contributed by atoms with Crippen LogP contribution >= 0.6 is 0 Å². The van der Waals surface area contributed by atoms with Crippen LogP contribution in [-0.4, -0.2) is 17.4 Å². The summed E-state index contributed by atoms with van der Waals surface area (Å²) < 4.78 is 10.1. The molecule has 0 atom stereocenters. The standard InChI is InChI=1S/CH4.BFH2O2.Ta/c;2-1(3)4;/h1H4;3-4H;. The molecule has 0 aromatic carbocycles. The zero-order valence-corrected chi connectivity index (χ0v) is 5.51. The van der Waals surface area contributed by atoms with Gasteiger partial charge >= 0.3 is 7.40 Å². The van der Waals surface area contributed by atoms with Crippen LogP contribution in [0.1, 0.15) is 7.43 Å². The van der Waals surface area contributed by atoms with Crippen LogP contribution in [0.4, 0.5) is 4.32 Å². The molecule has 6 heavy (non-hydrogen) atoms. The summed E-state index contributed by atoms with van der Waals surface area (Å²) in [5, 5.41) is 13.9. The van der Waals surface area contributed by atoms with Gasteiger partial charge in [0.1, 0.15) is 0 Å². The van der Waals surface area contributed by atoms with Crippen molar-refractivity contribution in [1.29, 1.82) is 0 Å². The maximum atomic E-state index is 10.1. The molecule has 0 aromatic rings. The van der Waals surface area contributed by atoms with Crippen LogP contribution in [0.25, 0.3) is 0 Å². The van der Waals surface area contributed by atoms with Gasteiger partial charge in [-0.15, -0.1) is 0 Å². The molecule has 0 saturated carbocycles. The summed E-state index contributed by atoms with van der Waals surface area (Å²) in [6.45, 7) is 0. The number of rotatable bonds is 0. The number of hydrogen-bond donors (Lipinski definition) is 2. The Morgan fingerprint density at radius 2 is 1.33 bits per heavy atom. The van der Waals surface area contributed by atoms with E-state index in [4.69, 9.17) is 10.0 Å². The van der Waals surface area contributed by atoms with E-state index in [0.29, 0.717) is 0 Å². The van der Waals surface area contributed by atoms with E-state index in [-0.39, 0.29) is 29.8 Å². The Kier molecular flexibility index (Phi) is 24.4. The molecule has 37 valence electrons. The first-order chi connectivity index (χ1) is 1.73. The van der Waals surface area contributed by atoms with E-state index < -0.39 is 7.40 Å². The van der Waals surface area contributed by atoms with Crippen molar-refractivity contribution in [3.05, 3.63) is 0 Å². The smallest absolute Gasteiger partial charge is 0.398 e. The minimum atomic E-state index is -2.67. The van der Waals surface area contributed by atoms with Crippen LogP contribution < -0.4 is 0 Å². The summed E-state index contributed by atoms with van der Waals surface area (Å²) in [7, 11) is -2.67. The van der Waals surface area contributed by atoms with Crippen LogP contribution in [0.3, 0.4) is 0 Å². The molecule has 0 heterocycles. The summed E-state index contributed by atoms with van der Waals surface area (Å²) in [6, 6.07) is 0. The molecular weight excluding hydrogens is 255 g/mol. The molecule has 1 radical (unpaired) electrons. The van der Waals surface area contributed by atoms with Gasteiger partial charge in [0.15, 0.2) is 0 Å². The van der Waals surface area contributed by atoms with Crippen molar-refractivity contribution in [1.82, 2.24) is 0 Å². The predicted molar refractivity (Wildman–Crippen MR) is 18.0 cm³/mol. The molecule has 0 unspecified atom stereocenters. The molecule has 0 saturated heterocycles. The van der Waals surface area contributed by atoms with E-state index in [1.165, 1.54) is 0 Å². The van der Waals surface area contributed by atoms with Gasteiger partial charge in [-0.25, -0.2) is 0 Å². The van der Waals surface area contributed by atoms with Crippen molar-refractivity contribution in [3.8, 4) is 0 Å².